The highest BCUT2D eigenvalue weighted by molar-refractivity contribution is 5.87. The summed E-state index contributed by atoms with van der Waals surface area (Å²) in [6.07, 6.45) is 7.75. The van der Waals surface area contributed by atoms with E-state index in [-0.39, 0.29) is 11.4 Å². The van der Waals surface area contributed by atoms with Gasteiger partial charge in [0.25, 0.3) is 0 Å². The standard InChI is InChI=1S/C16H26O2/c1-7-14(5)15(17)18-12-16(6,8-2)11-9-10-13(3)4/h7-8,10H,2,9,11-12H2,1,3-6H3/b14-7+. The van der Waals surface area contributed by atoms with Crippen molar-refractivity contribution in [3.63, 3.8) is 0 Å². The molecule has 1 unspecified atom stereocenters. The maximum atomic E-state index is 11.6. The molecular formula is C16H26O2. The molecule has 2 nitrogen and oxygen atoms in total. The van der Waals surface area contributed by atoms with E-state index >= 15 is 0 Å². The molecule has 0 aliphatic heterocycles. The lowest BCUT2D eigenvalue weighted by Gasteiger charge is -2.24. The molecule has 2 heteroatoms. The van der Waals surface area contributed by atoms with Crippen LogP contribution >= 0.6 is 0 Å². The van der Waals surface area contributed by atoms with E-state index in [4.69, 9.17) is 4.74 Å². The summed E-state index contributed by atoms with van der Waals surface area (Å²) in [4.78, 5) is 11.6. The Morgan fingerprint density at radius 1 is 1.33 bits per heavy atom. The van der Waals surface area contributed by atoms with Crippen LogP contribution in [0.25, 0.3) is 0 Å². The van der Waals surface area contributed by atoms with Crippen molar-refractivity contribution in [1.82, 2.24) is 0 Å². The van der Waals surface area contributed by atoms with Crippen molar-refractivity contribution in [2.75, 3.05) is 6.61 Å². The molecule has 18 heavy (non-hydrogen) atoms. The Balaban J connectivity index is 4.36. The fourth-order valence-corrected chi connectivity index (χ4v) is 1.39. The summed E-state index contributed by atoms with van der Waals surface area (Å²) in [6.45, 7) is 14.1. The molecule has 0 amide bonds. The third-order valence-electron chi connectivity index (χ3n) is 3.05. The highest BCUT2D eigenvalue weighted by atomic mass is 16.5. The van der Waals surface area contributed by atoms with Gasteiger partial charge in [0.1, 0.15) is 6.61 Å². The lowest BCUT2D eigenvalue weighted by atomic mass is 9.86. The lowest BCUT2D eigenvalue weighted by Crippen LogP contribution is -2.23. The summed E-state index contributed by atoms with van der Waals surface area (Å²) in [6, 6.07) is 0. The molecule has 0 bridgehead atoms. The first-order chi connectivity index (χ1) is 8.34. The molecule has 0 radical (unpaired) electrons. The number of esters is 1. The van der Waals surface area contributed by atoms with Crippen LogP contribution in [0.4, 0.5) is 0 Å². The van der Waals surface area contributed by atoms with E-state index in [1.165, 1.54) is 5.57 Å². The van der Waals surface area contributed by atoms with Gasteiger partial charge in [-0.2, -0.15) is 0 Å². The molecule has 0 aromatic rings. The summed E-state index contributed by atoms with van der Waals surface area (Å²) < 4.78 is 5.31. The van der Waals surface area contributed by atoms with Crippen LogP contribution in [0, 0.1) is 5.41 Å². The van der Waals surface area contributed by atoms with Gasteiger partial charge in [0, 0.05) is 11.0 Å². The zero-order valence-corrected chi connectivity index (χ0v) is 12.4. The lowest BCUT2D eigenvalue weighted by molar-refractivity contribution is -0.141. The quantitative estimate of drug-likeness (QED) is 0.379. The molecule has 0 aliphatic rings. The van der Waals surface area contributed by atoms with Crippen molar-refractivity contribution < 1.29 is 9.53 Å². The molecule has 0 heterocycles. The average molecular weight is 250 g/mol. The number of rotatable bonds is 7. The van der Waals surface area contributed by atoms with Crippen molar-refractivity contribution in [3.8, 4) is 0 Å². The van der Waals surface area contributed by atoms with E-state index in [0.717, 1.165) is 12.8 Å². The van der Waals surface area contributed by atoms with Crippen molar-refractivity contribution in [1.29, 1.82) is 0 Å². The predicted molar refractivity (Wildman–Crippen MR) is 77.4 cm³/mol. The minimum atomic E-state index is -0.243. The Hall–Kier alpha value is -1.31. The van der Waals surface area contributed by atoms with Gasteiger partial charge in [0.2, 0.25) is 0 Å². The second kappa shape index (κ2) is 7.91. The third kappa shape index (κ3) is 6.43. The Morgan fingerprint density at radius 2 is 1.94 bits per heavy atom. The van der Waals surface area contributed by atoms with Crippen LogP contribution in [0.2, 0.25) is 0 Å². The maximum Gasteiger partial charge on any atom is 0.333 e. The van der Waals surface area contributed by atoms with Gasteiger partial charge in [-0.25, -0.2) is 4.79 Å². The first kappa shape index (κ1) is 16.7. The zero-order chi connectivity index (χ0) is 14.2. The van der Waals surface area contributed by atoms with E-state index in [9.17, 15) is 4.79 Å². The summed E-state index contributed by atoms with van der Waals surface area (Å²) in [5.41, 5.74) is 1.80. The van der Waals surface area contributed by atoms with Crippen LogP contribution in [-0.2, 0) is 9.53 Å². The van der Waals surface area contributed by atoms with Gasteiger partial charge in [-0.3, -0.25) is 0 Å². The fraction of sp³-hybridized carbons (Fsp3) is 0.562. The second-order valence-electron chi connectivity index (χ2n) is 5.23. The molecule has 0 aromatic carbocycles. The Kier molecular flexibility index (Phi) is 7.33. The van der Waals surface area contributed by atoms with Crippen LogP contribution in [0.3, 0.4) is 0 Å². The monoisotopic (exact) mass is 250 g/mol. The third-order valence-corrected chi connectivity index (χ3v) is 3.05. The van der Waals surface area contributed by atoms with Crippen LogP contribution in [0.5, 0.6) is 0 Å². The molecule has 0 aliphatic carbocycles. The van der Waals surface area contributed by atoms with Crippen molar-refractivity contribution >= 4 is 5.97 Å². The normalized spacial score (nSPS) is 14.6. The summed E-state index contributed by atoms with van der Waals surface area (Å²) in [5, 5.41) is 0. The van der Waals surface area contributed by atoms with Gasteiger partial charge in [0.15, 0.2) is 0 Å². The highest BCUT2D eigenvalue weighted by Crippen LogP contribution is 2.26. The van der Waals surface area contributed by atoms with Crippen LogP contribution in [-0.4, -0.2) is 12.6 Å². The predicted octanol–water partition coefficient (Wildman–Crippen LogP) is 4.43. The zero-order valence-electron chi connectivity index (χ0n) is 12.4. The smallest absolute Gasteiger partial charge is 0.333 e. The van der Waals surface area contributed by atoms with Gasteiger partial charge in [-0.1, -0.05) is 30.7 Å². The molecule has 1 atom stereocenters. The molecule has 0 saturated heterocycles. The van der Waals surface area contributed by atoms with Gasteiger partial charge in [-0.15, -0.1) is 6.58 Å². The van der Waals surface area contributed by atoms with Crippen LogP contribution in [0.15, 0.2) is 36.0 Å². The topological polar surface area (TPSA) is 26.3 Å². The van der Waals surface area contributed by atoms with Gasteiger partial charge >= 0.3 is 5.97 Å². The number of allylic oxidation sites excluding steroid dienone is 3. The molecule has 0 saturated carbocycles. The van der Waals surface area contributed by atoms with Crippen molar-refractivity contribution in [3.05, 3.63) is 36.0 Å². The Morgan fingerprint density at radius 3 is 2.39 bits per heavy atom. The summed E-state index contributed by atoms with van der Waals surface area (Å²) in [7, 11) is 0. The molecule has 102 valence electrons. The molecular weight excluding hydrogens is 224 g/mol. The van der Waals surface area contributed by atoms with E-state index in [1.54, 1.807) is 13.0 Å². The van der Waals surface area contributed by atoms with Crippen LogP contribution in [0.1, 0.15) is 47.5 Å². The van der Waals surface area contributed by atoms with Crippen molar-refractivity contribution in [2.45, 2.75) is 47.5 Å². The molecule has 0 N–H and O–H groups in total. The summed E-state index contributed by atoms with van der Waals surface area (Å²) >= 11 is 0. The molecule has 0 rings (SSSR count). The van der Waals surface area contributed by atoms with Gasteiger partial charge in [0.05, 0.1) is 0 Å². The number of hydrogen-bond donors (Lipinski definition) is 0. The Labute approximate surface area is 111 Å². The fourth-order valence-electron chi connectivity index (χ4n) is 1.39. The maximum absolute atomic E-state index is 11.6. The minimum absolute atomic E-state index is 0.157. The van der Waals surface area contributed by atoms with Gasteiger partial charge in [-0.05, 0) is 40.5 Å². The largest absolute Gasteiger partial charge is 0.461 e. The molecule has 0 spiro atoms. The summed E-state index contributed by atoms with van der Waals surface area (Å²) in [5.74, 6) is -0.243. The van der Waals surface area contributed by atoms with E-state index in [1.807, 2.05) is 13.0 Å². The molecule has 0 aromatic heterocycles. The Bertz CT molecular complexity index is 346. The second-order valence-corrected chi connectivity index (χ2v) is 5.23. The number of ether oxygens (including phenoxy) is 1. The SMILES string of the molecule is C=CC(C)(CCC=C(C)C)COC(=O)/C(C)=C/C. The molecule has 0 fully saturated rings. The number of hydrogen-bond acceptors (Lipinski definition) is 2. The number of carbonyl (C=O) groups excluding carboxylic acids is 1. The first-order valence-corrected chi connectivity index (χ1v) is 6.41. The van der Waals surface area contributed by atoms with E-state index in [2.05, 4.69) is 33.4 Å². The average Bonchev–Trinajstić information content (AvgIpc) is 2.34. The minimum Gasteiger partial charge on any atom is -0.461 e. The van der Waals surface area contributed by atoms with Crippen molar-refractivity contribution in [2.24, 2.45) is 5.41 Å². The first-order valence-electron chi connectivity index (χ1n) is 6.41. The van der Waals surface area contributed by atoms with E-state index < -0.39 is 0 Å². The number of carbonyl (C=O) groups is 1. The van der Waals surface area contributed by atoms with Gasteiger partial charge < -0.3 is 4.74 Å². The highest BCUT2D eigenvalue weighted by Gasteiger charge is 2.22. The van der Waals surface area contributed by atoms with Crippen LogP contribution < -0.4 is 0 Å². The van der Waals surface area contributed by atoms with E-state index in [0.29, 0.717) is 12.2 Å².